The number of hydrogen-bond donors (Lipinski definition) is 1. The van der Waals surface area contributed by atoms with Crippen molar-refractivity contribution in [2.75, 3.05) is 24.2 Å². The van der Waals surface area contributed by atoms with Gasteiger partial charge in [0.2, 0.25) is 10.0 Å². The topological polar surface area (TPSA) is 79.4 Å². The third-order valence-electron chi connectivity index (χ3n) is 4.23. The van der Waals surface area contributed by atoms with Gasteiger partial charge in [-0.15, -0.1) is 29.3 Å². The number of aromatic nitrogens is 1. The van der Waals surface area contributed by atoms with Gasteiger partial charge in [0.25, 0.3) is 5.91 Å². The van der Waals surface area contributed by atoms with Crippen molar-refractivity contribution in [2.45, 2.75) is 32.1 Å². The second kappa shape index (κ2) is 8.64. The van der Waals surface area contributed by atoms with Crippen LogP contribution in [0.15, 0.2) is 24.8 Å². The molecule has 6 nitrogen and oxygen atoms in total. The highest BCUT2D eigenvalue weighted by Gasteiger charge is 2.24. The van der Waals surface area contributed by atoms with Crippen molar-refractivity contribution in [3.05, 3.63) is 45.1 Å². The van der Waals surface area contributed by atoms with Crippen LogP contribution in [0.4, 0.5) is 5.13 Å². The van der Waals surface area contributed by atoms with E-state index in [2.05, 4.69) is 11.3 Å². The lowest BCUT2D eigenvalue weighted by Gasteiger charge is -2.17. The summed E-state index contributed by atoms with van der Waals surface area (Å²) in [5.41, 5.74) is 1.13. The lowest BCUT2D eigenvalue weighted by Crippen LogP contribution is -2.30. The summed E-state index contributed by atoms with van der Waals surface area (Å²) >= 11 is 3.00. The molecule has 0 fully saturated rings. The predicted molar refractivity (Wildman–Crippen MR) is 111 cm³/mol. The predicted octanol–water partition coefficient (Wildman–Crippen LogP) is 3.01. The van der Waals surface area contributed by atoms with Gasteiger partial charge < -0.3 is 0 Å². The van der Waals surface area contributed by atoms with Crippen molar-refractivity contribution in [3.63, 3.8) is 0 Å². The molecule has 0 saturated carbocycles. The molecule has 0 atom stereocenters. The van der Waals surface area contributed by atoms with Gasteiger partial charge in [0.05, 0.1) is 16.8 Å². The van der Waals surface area contributed by atoms with Gasteiger partial charge in [-0.3, -0.25) is 9.69 Å². The Morgan fingerprint density at radius 2 is 2.11 bits per heavy atom. The Labute approximate surface area is 168 Å². The summed E-state index contributed by atoms with van der Waals surface area (Å²) in [6.45, 7) is 4.51. The Morgan fingerprint density at radius 3 is 2.81 bits per heavy atom. The molecule has 1 N–H and O–H groups in total. The third-order valence-corrected chi connectivity index (χ3v) is 7.27. The molecule has 0 aliphatic heterocycles. The molecule has 9 heteroatoms. The summed E-state index contributed by atoms with van der Waals surface area (Å²) in [7, 11) is -3.20. The molecule has 2 aromatic heterocycles. The standard InChI is InChI=1S/C18H23N3O3S3/c1-3-12-21(18-20-14-6-4-5-7-15(14)26-18)17(22)16-9-8-13(25-16)10-11-19-27(2,23)24/h3,8-9,19H,1,4-7,10-12H2,2H3. The molecule has 0 saturated heterocycles. The molecule has 146 valence electrons. The molecule has 27 heavy (non-hydrogen) atoms. The van der Waals surface area contributed by atoms with Crippen LogP contribution < -0.4 is 9.62 Å². The summed E-state index contributed by atoms with van der Waals surface area (Å²) in [6.07, 6.45) is 7.76. The number of hydrogen-bond acceptors (Lipinski definition) is 6. The highest BCUT2D eigenvalue weighted by Crippen LogP contribution is 2.33. The van der Waals surface area contributed by atoms with E-state index in [9.17, 15) is 13.2 Å². The van der Waals surface area contributed by atoms with Crippen molar-refractivity contribution in [3.8, 4) is 0 Å². The van der Waals surface area contributed by atoms with Crippen LogP contribution in [-0.2, 0) is 29.3 Å². The first-order valence-electron chi connectivity index (χ1n) is 8.82. The van der Waals surface area contributed by atoms with Crippen molar-refractivity contribution >= 4 is 43.7 Å². The lowest BCUT2D eigenvalue weighted by atomic mass is 10.0. The van der Waals surface area contributed by atoms with Crippen LogP contribution in [0.2, 0.25) is 0 Å². The summed E-state index contributed by atoms with van der Waals surface area (Å²) in [5.74, 6) is -0.0895. The fourth-order valence-corrected chi connectivity index (χ4v) is 5.54. The van der Waals surface area contributed by atoms with Crippen LogP contribution >= 0.6 is 22.7 Å². The maximum Gasteiger partial charge on any atom is 0.270 e. The molecule has 0 aromatic carbocycles. The van der Waals surface area contributed by atoms with Crippen LogP contribution in [0.25, 0.3) is 0 Å². The minimum absolute atomic E-state index is 0.0895. The molecule has 1 aliphatic rings. The fraction of sp³-hybridized carbons (Fsp3) is 0.444. The summed E-state index contributed by atoms with van der Waals surface area (Å²) in [4.78, 5) is 22.3. The molecule has 0 unspecified atom stereocenters. The first-order chi connectivity index (χ1) is 12.9. The molecule has 3 rings (SSSR count). The zero-order valence-electron chi connectivity index (χ0n) is 15.2. The number of carbonyl (C=O) groups excluding carboxylic acids is 1. The number of fused-ring (bicyclic) bond motifs is 1. The Hall–Kier alpha value is -1.55. The van der Waals surface area contributed by atoms with Gasteiger partial charge in [-0.05, 0) is 44.2 Å². The number of anilines is 1. The zero-order chi connectivity index (χ0) is 19.4. The van der Waals surface area contributed by atoms with Crippen molar-refractivity contribution in [2.24, 2.45) is 0 Å². The van der Waals surface area contributed by atoms with Crippen molar-refractivity contribution in [1.29, 1.82) is 0 Å². The number of nitrogens with one attached hydrogen (secondary N) is 1. The number of thiazole rings is 1. The average molecular weight is 426 g/mol. The van der Waals surface area contributed by atoms with Gasteiger partial charge in [-0.2, -0.15) is 0 Å². The smallest absolute Gasteiger partial charge is 0.270 e. The van der Waals surface area contributed by atoms with E-state index >= 15 is 0 Å². The number of carbonyl (C=O) groups is 1. The second-order valence-corrected chi connectivity index (χ2v) is 10.5. The fourth-order valence-electron chi connectivity index (χ4n) is 2.95. The van der Waals surface area contributed by atoms with Gasteiger partial charge in [0.15, 0.2) is 5.13 Å². The van der Waals surface area contributed by atoms with Gasteiger partial charge in [0, 0.05) is 22.8 Å². The minimum Gasteiger partial charge on any atom is -0.279 e. The Balaban J connectivity index is 1.73. The van der Waals surface area contributed by atoms with E-state index < -0.39 is 10.0 Å². The summed E-state index contributed by atoms with van der Waals surface area (Å²) in [6, 6.07) is 3.67. The molecular formula is C18H23N3O3S3. The van der Waals surface area contributed by atoms with E-state index in [0.29, 0.717) is 24.4 Å². The minimum atomic E-state index is -3.20. The molecule has 0 bridgehead atoms. The first-order valence-corrected chi connectivity index (χ1v) is 12.3. The Morgan fingerprint density at radius 1 is 1.33 bits per heavy atom. The number of rotatable bonds is 8. The number of nitrogens with zero attached hydrogens (tertiary/aromatic N) is 2. The van der Waals surface area contributed by atoms with Crippen LogP contribution in [0.5, 0.6) is 0 Å². The molecule has 2 heterocycles. The first kappa shape index (κ1) is 20.2. The normalized spacial score (nSPS) is 14.0. The highest BCUT2D eigenvalue weighted by atomic mass is 32.2. The number of aryl methyl sites for hydroxylation is 2. The summed E-state index contributed by atoms with van der Waals surface area (Å²) < 4.78 is 24.8. The van der Waals surface area contributed by atoms with E-state index in [4.69, 9.17) is 4.98 Å². The maximum atomic E-state index is 13.0. The van der Waals surface area contributed by atoms with E-state index in [1.54, 1.807) is 28.4 Å². The average Bonchev–Trinajstić information content (AvgIpc) is 3.24. The molecule has 2 aromatic rings. The second-order valence-electron chi connectivity index (χ2n) is 6.46. The Kier molecular flexibility index (Phi) is 6.46. The molecule has 1 amide bonds. The van der Waals surface area contributed by atoms with Crippen molar-refractivity contribution < 1.29 is 13.2 Å². The van der Waals surface area contributed by atoms with Crippen LogP contribution in [0, 0.1) is 0 Å². The maximum absolute atomic E-state index is 13.0. The number of sulfonamides is 1. The largest absolute Gasteiger partial charge is 0.279 e. The van der Waals surface area contributed by atoms with E-state index in [1.807, 2.05) is 6.07 Å². The zero-order valence-corrected chi connectivity index (χ0v) is 17.7. The molecule has 0 spiro atoms. The van der Waals surface area contributed by atoms with Crippen molar-refractivity contribution in [1.82, 2.24) is 9.71 Å². The van der Waals surface area contributed by atoms with E-state index in [-0.39, 0.29) is 5.91 Å². The Bertz CT molecular complexity index is 907. The number of thiophene rings is 1. The SMILES string of the molecule is C=CCN(C(=O)c1ccc(CCNS(C)(=O)=O)s1)c1nc2c(s1)CCCC2. The van der Waals surface area contributed by atoms with Gasteiger partial charge >= 0.3 is 0 Å². The van der Waals surface area contributed by atoms with Gasteiger partial charge in [0.1, 0.15) is 0 Å². The van der Waals surface area contributed by atoms with Crippen LogP contribution in [0.3, 0.4) is 0 Å². The monoisotopic (exact) mass is 425 g/mol. The molecule has 0 radical (unpaired) electrons. The molecular weight excluding hydrogens is 402 g/mol. The summed E-state index contributed by atoms with van der Waals surface area (Å²) in [5, 5.41) is 0.737. The van der Waals surface area contributed by atoms with E-state index in [0.717, 1.165) is 41.2 Å². The van der Waals surface area contributed by atoms with E-state index in [1.165, 1.54) is 22.6 Å². The lowest BCUT2D eigenvalue weighted by molar-refractivity contribution is 0.0993. The quantitative estimate of drug-likeness (QED) is 0.660. The van der Waals surface area contributed by atoms with Gasteiger partial charge in [-0.1, -0.05) is 6.08 Å². The van der Waals surface area contributed by atoms with Crippen LogP contribution in [0.1, 0.15) is 38.0 Å². The highest BCUT2D eigenvalue weighted by molar-refractivity contribution is 7.88. The number of amides is 1. The third kappa shape index (κ3) is 5.25. The molecule has 1 aliphatic carbocycles. The van der Waals surface area contributed by atoms with Gasteiger partial charge in [-0.25, -0.2) is 18.1 Å². The van der Waals surface area contributed by atoms with Crippen LogP contribution in [-0.4, -0.2) is 38.7 Å².